The molecule has 0 saturated heterocycles. The summed E-state index contributed by atoms with van der Waals surface area (Å²) in [6, 6.07) is 13.7. The molecule has 9 heteroatoms. The van der Waals surface area contributed by atoms with Crippen molar-refractivity contribution in [3.05, 3.63) is 48.7 Å². The van der Waals surface area contributed by atoms with Gasteiger partial charge in [0.05, 0.1) is 0 Å². The summed E-state index contributed by atoms with van der Waals surface area (Å²) in [5.41, 5.74) is 12.7. The summed E-state index contributed by atoms with van der Waals surface area (Å²) in [7, 11) is 0. The number of benzene rings is 1. The lowest BCUT2D eigenvalue weighted by Gasteiger charge is -2.00. The number of nitrogens with zero attached hydrogens (tertiary/aromatic N) is 2. The first-order valence-electron chi connectivity index (χ1n) is 6.11. The van der Waals surface area contributed by atoms with Crippen molar-refractivity contribution < 1.29 is 23.1 Å². The number of hydrogen-bond acceptors (Lipinski definition) is 3. The Morgan fingerprint density at radius 1 is 1.04 bits per heavy atom. The van der Waals surface area contributed by atoms with Gasteiger partial charge in [-0.15, -0.1) is 0 Å². The van der Waals surface area contributed by atoms with E-state index in [0.717, 1.165) is 11.1 Å². The summed E-state index contributed by atoms with van der Waals surface area (Å²) in [6.45, 7) is 0. The largest absolute Gasteiger partial charge is 0.490 e. The fraction of sp³-hybridized carbons (Fsp3) is 0.0714. The number of hydrogen-bond donors (Lipinski definition) is 3. The van der Waals surface area contributed by atoms with Crippen molar-refractivity contribution in [2.75, 3.05) is 0 Å². The second-order valence-electron chi connectivity index (χ2n) is 4.11. The van der Waals surface area contributed by atoms with Gasteiger partial charge in [0.2, 0.25) is 0 Å². The van der Waals surface area contributed by atoms with Crippen LogP contribution in [0.15, 0.2) is 53.7 Å². The summed E-state index contributed by atoms with van der Waals surface area (Å²) in [4.78, 5) is 16.9. The molecule has 0 aliphatic rings. The summed E-state index contributed by atoms with van der Waals surface area (Å²) in [5, 5.41) is 7.12. The van der Waals surface area contributed by atoms with E-state index in [1.165, 1.54) is 0 Å². The third-order valence-electron chi connectivity index (χ3n) is 2.34. The molecule has 122 valence electrons. The number of aliphatic carboxylic acids is 1. The molecule has 0 fully saturated rings. The number of carboxylic acid groups (broad SMARTS) is 1. The number of guanidine groups is 1. The molecule has 0 saturated carbocycles. The standard InChI is InChI=1S/C12H12N4.C2HF3O2/c13-12(14)16-11-7-6-10(8-15-11)9-4-2-1-3-5-9;3-2(4,5)1(6)7/h1-8H,(H4,13,14,15,16);(H,6,7). The predicted octanol–water partition coefficient (Wildman–Crippen LogP) is 2.29. The van der Waals surface area contributed by atoms with E-state index in [-0.39, 0.29) is 5.96 Å². The van der Waals surface area contributed by atoms with Crippen LogP contribution in [-0.2, 0) is 4.79 Å². The zero-order chi connectivity index (χ0) is 17.5. The Hall–Kier alpha value is -3.10. The lowest BCUT2D eigenvalue weighted by atomic mass is 10.1. The van der Waals surface area contributed by atoms with Crippen LogP contribution in [0, 0.1) is 0 Å². The monoisotopic (exact) mass is 326 g/mol. The SMILES string of the molecule is NC(N)=Nc1ccc(-c2ccccc2)cn1.O=C(O)C(F)(F)F. The average Bonchev–Trinajstić information content (AvgIpc) is 2.48. The Labute approximate surface area is 129 Å². The first-order chi connectivity index (χ1) is 10.7. The Balaban J connectivity index is 0.000000322. The Morgan fingerprint density at radius 3 is 2.00 bits per heavy atom. The van der Waals surface area contributed by atoms with Gasteiger partial charge in [0.15, 0.2) is 11.8 Å². The molecule has 0 aliphatic carbocycles. The molecule has 0 atom stereocenters. The van der Waals surface area contributed by atoms with E-state index < -0.39 is 12.1 Å². The minimum Gasteiger partial charge on any atom is -0.475 e. The maximum absolute atomic E-state index is 10.6. The quantitative estimate of drug-likeness (QED) is 0.578. The van der Waals surface area contributed by atoms with Crippen molar-refractivity contribution in [3.63, 3.8) is 0 Å². The fourth-order valence-corrected chi connectivity index (χ4v) is 1.39. The summed E-state index contributed by atoms with van der Waals surface area (Å²) in [6.07, 6.45) is -3.34. The molecule has 0 radical (unpaired) electrons. The van der Waals surface area contributed by atoms with E-state index in [1.54, 1.807) is 12.3 Å². The van der Waals surface area contributed by atoms with Gasteiger partial charge in [0.25, 0.3) is 0 Å². The van der Waals surface area contributed by atoms with Crippen LogP contribution in [0.5, 0.6) is 0 Å². The van der Waals surface area contributed by atoms with Crippen molar-refractivity contribution >= 4 is 17.7 Å². The number of pyridine rings is 1. The molecule has 2 aromatic rings. The van der Waals surface area contributed by atoms with Gasteiger partial charge in [0.1, 0.15) is 0 Å². The number of nitrogens with two attached hydrogens (primary N) is 2. The Kier molecular flexibility index (Phi) is 6.07. The van der Waals surface area contributed by atoms with Crippen LogP contribution in [0.3, 0.4) is 0 Å². The molecule has 0 aliphatic heterocycles. The zero-order valence-electron chi connectivity index (χ0n) is 11.7. The molecule has 1 heterocycles. The van der Waals surface area contributed by atoms with Crippen molar-refractivity contribution in [2.24, 2.45) is 16.5 Å². The average molecular weight is 326 g/mol. The molecular weight excluding hydrogens is 313 g/mol. The minimum absolute atomic E-state index is 0.0139. The van der Waals surface area contributed by atoms with E-state index in [0.29, 0.717) is 5.82 Å². The van der Waals surface area contributed by atoms with Gasteiger partial charge in [-0.25, -0.2) is 9.78 Å². The van der Waals surface area contributed by atoms with Gasteiger partial charge in [-0.05, 0) is 17.7 Å². The highest BCUT2D eigenvalue weighted by atomic mass is 19.4. The third-order valence-corrected chi connectivity index (χ3v) is 2.34. The van der Waals surface area contributed by atoms with Gasteiger partial charge in [-0.3, -0.25) is 0 Å². The van der Waals surface area contributed by atoms with Crippen LogP contribution in [0.4, 0.5) is 19.0 Å². The zero-order valence-corrected chi connectivity index (χ0v) is 11.7. The summed E-state index contributed by atoms with van der Waals surface area (Å²) < 4.78 is 31.7. The predicted molar refractivity (Wildman–Crippen MR) is 78.8 cm³/mol. The van der Waals surface area contributed by atoms with Crippen LogP contribution >= 0.6 is 0 Å². The van der Waals surface area contributed by atoms with Crippen LogP contribution < -0.4 is 11.5 Å². The lowest BCUT2D eigenvalue weighted by Crippen LogP contribution is -2.22. The molecule has 0 spiro atoms. The van der Waals surface area contributed by atoms with Gasteiger partial charge >= 0.3 is 12.1 Å². The van der Waals surface area contributed by atoms with Crippen LogP contribution in [0.25, 0.3) is 11.1 Å². The highest BCUT2D eigenvalue weighted by Crippen LogP contribution is 2.19. The second kappa shape index (κ2) is 7.78. The maximum Gasteiger partial charge on any atom is 0.490 e. The number of aliphatic imine (C=N–C) groups is 1. The number of rotatable bonds is 2. The van der Waals surface area contributed by atoms with Crippen molar-refractivity contribution in [2.45, 2.75) is 6.18 Å². The number of alkyl halides is 3. The van der Waals surface area contributed by atoms with E-state index in [1.807, 2.05) is 36.4 Å². The van der Waals surface area contributed by atoms with Crippen molar-refractivity contribution in [3.8, 4) is 11.1 Å². The molecule has 23 heavy (non-hydrogen) atoms. The smallest absolute Gasteiger partial charge is 0.475 e. The van der Waals surface area contributed by atoms with Crippen LogP contribution in [0.2, 0.25) is 0 Å². The highest BCUT2D eigenvalue weighted by molar-refractivity contribution is 5.78. The minimum atomic E-state index is -5.08. The second-order valence-corrected chi connectivity index (χ2v) is 4.11. The number of aromatic nitrogens is 1. The summed E-state index contributed by atoms with van der Waals surface area (Å²) in [5.74, 6) is -2.23. The van der Waals surface area contributed by atoms with Crippen molar-refractivity contribution in [1.29, 1.82) is 0 Å². The van der Waals surface area contributed by atoms with E-state index in [2.05, 4.69) is 9.98 Å². The van der Waals surface area contributed by atoms with Crippen LogP contribution in [0.1, 0.15) is 0 Å². The topological polar surface area (TPSA) is 115 Å². The molecule has 5 N–H and O–H groups in total. The maximum atomic E-state index is 10.6. The summed E-state index contributed by atoms with van der Waals surface area (Å²) >= 11 is 0. The van der Waals surface area contributed by atoms with E-state index >= 15 is 0 Å². The number of carboxylic acids is 1. The van der Waals surface area contributed by atoms with E-state index in [9.17, 15) is 13.2 Å². The number of carbonyl (C=O) groups is 1. The Bertz CT molecular complexity index is 667. The first kappa shape index (κ1) is 18.0. The molecule has 0 amide bonds. The molecule has 1 aromatic heterocycles. The number of halogens is 3. The fourth-order valence-electron chi connectivity index (χ4n) is 1.39. The van der Waals surface area contributed by atoms with Crippen LogP contribution in [-0.4, -0.2) is 28.2 Å². The first-order valence-corrected chi connectivity index (χ1v) is 6.11. The molecule has 0 unspecified atom stereocenters. The van der Waals surface area contributed by atoms with Gasteiger partial charge < -0.3 is 16.6 Å². The normalized spacial score (nSPS) is 10.2. The Morgan fingerprint density at radius 2 is 1.61 bits per heavy atom. The molecular formula is C14H13F3N4O2. The molecule has 6 nitrogen and oxygen atoms in total. The third kappa shape index (κ3) is 6.46. The van der Waals surface area contributed by atoms with Gasteiger partial charge in [0, 0.05) is 11.8 Å². The van der Waals surface area contributed by atoms with Gasteiger partial charge in [-0.1, -0.05) is 30.3 Å². The molecule has 2 rings (SSSR count). The highest BCUT2D eigenvalue weighted by Gasteiger charge is 2.38. The lowest BCUT2D eigenvalue weighted by molar-refractivity contribution is -0.192. The molecule has 1 aromatic carbocycles. The van der Waals surface area contributed by atoms with E-state index in [4.69, 9.17) is 21.4 Å². The van der Waals surface area contributed by atoms with Crippen molar-refractivity contribution in [1.82, 2.24) is 4.98 Å². The molecule has 0 bridgehead atoms. The van der Waals surface area contributed by atoms with Gasteiger partial charge in [-0.2, -0.15) is 18.2 Å².